The van der Waals surface area contributed by atoms with Crippen LogP contribution in [0.15, 0.2) is 30.5 Å². The molecule has 0 aliphatic rings. The molecule has 34 heavy (non-hydrogen) atoms. The van der Waals surface area contributed by atoms with Crippen LogP contribution in [0.5, 0.6) is 0 Å². The molecule has 1 aromatic heterocycles. The van der Waals surface area contributed by atoms with E-state index in [2.05, 4.69) is 20.9 Å². The number of carboxylic acids is 1. The summed E-state index contributed by atoms with van der Waals surface area (Å²) in [5, 5.41) is 26.3. The van der Waals surface area contributed by atoms with Gasteiger partial charge in [-0.3, -0.25) is 19.2 Å². The molecule has 12 heteroatoms. The maximum atomic E-state index is 13.1. The quantitative estimate of drug-likeness (QED) is 0.147. The number of carbonyl (C=O) groups is 4. The topological polar surface area (TPSA) is 213 Å². The molecule has 0 saturated heterocycles. The van der Waals surface area contributed by atoms with Crippen LogP contribution < -0.4 is 27.4 Å². The zero-order valence-corrected chi connectivity index (χ0v) is 18.8. The van der Waals surface area contributed by atoms with Gasteiger partial charge in [0, 0.05) is 23.5 Å². The number of aromatic amines is 1. The molecule has 10 N–H and O–H groups in total. The molecule has 1 aromatic carbocycles. The Hall–Kier alpha value is -3.48. The van der Waals surface area contributed by atoms with E-state index >= 15 is 0 Å². The van der Waals surface area contributed by atoms with E-state index in [4.69, 9.17) is 21.7 Å². The molecule has 0 fully saturated rings. The molecule has 0 spiro atoms. The van der Waals surface area contributed by atoms with Crippen LogP contribution >= 0.6 is 0 Å². The van der Waals surface area contributed by atoms with Crippen molar-refractivity contribution >= 4 is 34.6 Å². The van der Waals surface area contributed by atoms with Crippen LogP contribution in [0.1, 0.15) is 24.8 Å². The van der Waals surface area contributed by atoms with Crippen LogP contribution in [0.3, 0.4) is 0 Å². The monoisotopic (exact) mass is 476 g/mol. The number of fused-ring (bicyclic) bond motifs is 1. The van der Waals surface area contributed by atoms with Crippen molar-refractivity contribution in [2.24, 2.45) is 11.5 Å². The summed E-state index contributed by atoms with van der Waals surface area (Å²) in [7, 11) is 0. The normalized spacial score (nSPS) is 13.6. The molecule has 0 aliphatic carbocycles. The Morgan fingerprint density at radius 1 is 1.00 bits per heavy atom. The summed E-state index contributed by atoms with van der Waals surface area (Å²) in [4.78, 5) is 52.0. The molecule has 1 heterocycles. The Kier molecular flexibility index (Phi) is 10.5. The predicted molar refractivity (Wildman–Crippen MR) is 124 cm³/mol. The van der Waals surface area contributed by atoms with E-state index in [1.54, 1.807) is 6.20 Å². The Labute approximate surface area is 196 Å². The second kappa shape index (κ2) is 13.3. The molecule has 0 saturated carbocycles. The number of rotatable bonds is 14. The summed E-state index contributed by atoms with van der Waals surface area (Å²) in [6.45, 7) is -0.802. The van der Waals surface area contributed by atoms with Crippen molar-refractivity contribution in [1.29, 1.82) is 0 Å². The smallest absolute Gasteiger partial charge is 0.322 e. The second-order valence-corrected chi connectivity index (χ2v) is 7.87. The average molecular weight is 477 g/mol. The molecule has 3 unspecified atom stereocenters. The van der Waals surface area contributed by atoms with Gasteiger partial charge in [0.25, 0.3) is 0 Å². The molecule has 0 bridgehead atoms. The number of aliphatic hydroxyl groups excluding tert-OH is 1. The summed E-state index contributed by atoms with van der Waals surface area (Å²) in [6.07, 6.45) is 3.19. The van der Waals surface area contributed by atoms with Gasteiger partial charge in [0.05, 0.1) is 6.61 Å². The van der Waals surface area contributed by atoms with Gasteiger partial charge in [0.2, 0.25) is 17.7 Å². The highest BCUT2D eigenvalue weighted by molar-refractivity contribution is 5.94. The zero-order chi connectivity index (χ0) is 25.1. The van der Waals surface area contributed by atoms with Crippen LogP contribution in [0.4, 0.5) is 0 Å². The summed E-state index contributed by atoms with van der Waals surface area (Å²) in [6, 6.07) is 4.09. The fraction of sp³-hybridized carbons (Fsp3) is 0.455. The van der Waals surface area contributed by atoms with Gasteiger partial charge in [-0.2, -0.15) is 0 Å². The number of nitrogens with two attached hydrogens (primary N) is 2. The van der Waals surface area contributed by atoms with Crippen LogP contribution in [0.25, 0.3) is 10.9 Å². The van der Waals surface area contributed by atoms with Gasteiger partial charge in [-0.25, -0.2) is 0 Å². The number of aliphatic carboxylic acids is 1. The highest BCUT2D eigenvalue weighted by Gasteiger charge is 2.28. The third-order valence-electron chi connectivity index (χ3n) is 5.26. The molecular weight excluding hydrogens is 444 g/mol. The first-order valence-electron chi connectivity index (χ1n) is 11.0. The van der Waals surface area contributed by atoms with Crippen LogP contribution in [0, 0.1) is 0 Å². The van der Waals surface area contributed by atoms with Gasteiger partial charge in [-0.05, 0) is 37.4 Å². The zero-order valence-electron chi connectivity index (χ0n) is 18.8. The molecular formula is C22H32N6O6. The van der Waals surface area contributed by atoms with E-state index in [0.717, 1.165) is 16.5 Å². The number of H-pyrrole nitrogens is 1. The first-order chi connectivity index (χ1) is 16.3. The van der Waals surface area contributed by atoms with Gasteiger partial charge in [-0.15, -0.1) is 0 Å². The van der Waals surface area contributed by atoms with E-state index < -0.39 is 55.0 Å². The molecule has 186 valence electrons. The van der Waals surface area contributed by atoms with Crippen molar-refractivity contribution in [2.75, 3.05) is 19.7 Å². The Balaban J connectivity index is 2.22. The van der Waals surface area contributed by atoms with E-state index in [0.29, 0.717) is 19.4 Å². The standard InChI is InChI=1S/C22H32N6O6/c23-8-4-3-7-17(27-20(32)15(24)12-29)22(34)28-18(21(33)26-11-19(30)31)9-13-10-25-16-6-2-1-5-14(13)16/h1-2,5-6,10,15,17-18,25,29H,3-4,7-9,11-12,23-24H2,(H,26,33)(H,27,32)(H,28,34)(H,30,31). The van der Waals surface area contributed by atoms with Crippen molar-refractivity contribution < 1.29 is 29.4 Å². The lowest BCUT2D eigenvalue weighted by molar-refractivity contribution is -0.138. The van der Waals surface area contributed by atoms with Crippen molar-refractivity contribution in [3.63, 3.8) is 0 Å². The van der Waals surface area contributed by atoms with E-state index in [-0.39, 0.29) is 12.8 Å². The minimum absolute atomic E-state index is 0.0842. The summed E-state index contributed by atoms with van der Waals surface area (Å²) < 4.78 is 0. The number of nitrogens with one attached hydrogen (secondary N) is 4. The minimum atomic E-state index is -1.23. The number of hydrogen-bond donors (Lipinski definition) is 8. The molecule has 2 aromatic rings. The Bertz CT molecular complexity index is 993. The summed E-state index contributed by atoms with van der Waals surface area (Å²) in [5.41, 5.74) is 12.7. The lowest BCUT2D eigenvalue weighted by atomic mass is 10.0. The largest absolute Gasteiger partial charge is 0.480 e. The molecule has 2 rings (SSSR count). The third-order valence-corrected chi connectivity index (χ3v) is 5.26. The second-order valence-electron chi connectivity index (χ2n) is 7.87. The van der Waals surface area contributed by atoms with Gasteiger partial charge < -0.3 is 42.6 Å². The van der Waals surface area contributed by atoms with E-state index in [9.17, 15) is 19.2 Å². The van der Waals surface area contributed by atoms with Crippen molar-refractivity contribution in [3.8, 4) is 0 Å². The van der Waals surface area contributed by atoms with Crippen molar-refractivity contribution in [1.82, 2.24) is 20.9 Å². The molecule has 0 aliphatic heterocycles. The van der Waals surface area contributed by atoms with E-state index in [1.165, 1.54) is 0 Å². The van der Waals surface area contributed by atoms with Gasteiger partial charge in [0.1, 0.15) is 24.7 Å². The number of aliphatic hydroxyl groups is 1. The van der Waals surface area contributed by atoms with Crippen LogP contribution in [-0.2, 0) is 25.6 Å². The number of aromatic nitrogens is 1. The van der Waals surface area contributed by atoms with Crippen molar-refractivity contribution in [3.05, 3.63) is 36.0 Å². The fourth-order valence-electron chi connectivity index (χ4n) is 3.41. The highest BCUT2D eigenvalue weighted by Crippen LogP contribution is 2.19. The van der Waals surface area contributed by atoms with Crippen LogP contribution in [-0.4, -0.2) is 76.7 Å². The number of amides is 3. The van der Waals surface area contributed by atoms with Crippen LogP contribution in [0.2, 0.25) is 0 Å². The predicted octanol–water partition coefficient (Wildman–Crippen LogP) is -1.67. The lowest BCUT2D eigenvalue weighted by Crippen LogP contribution is -2.57. The van der Waals surface area contributed by atoms with Gasteiger partial charge >= 0.3 is 5.97 Å². The number of benzene rings is 1. The molecule has 12 nitrogen and oxygen atoms in total. The first kappa shape index (κ1) is 26.8. The minimum Gasteiger partial charge on any atom is -0.480 e. The molecule has 3 amide bonds. The first-order valence-corrected chi connectivity index (χ1v) is 11.0. The molecule has 0 radical (unpaired) electrons. The maximum absolute atomic E-state index is 13.1. The SMILES string of the molecule is NCCCCC(NC(=O)C(N)CO)C(=O)NC(Cc1c[nH]c2ccccc12)C(=O)NCC(=O)O. The highest BCUT2D eigenvalue weighted by atomic mass is 16.4. The van der Waals surface area contributed by atoms with E-state index in [1.807, 2.05) is 24.3 Å². The third kappa shape index (κ3) is 7.83. The van der Waals surface area contributed by atoms with Gasteiger partial charge in [-0.1, -0.05) is 18.2 Å². The average Bonchev–Trinajstić information content (AvgIpc) is 3.23. The Morgan fingerprint density at radius 3 is 2.38 bits per heavy atom. The number of unbranched alkanes of at least 4 members (excludes halogenated alkanes) is 1. The Morgan fingerprint density at radius 2 is 1.71 bits per heavy atom. The number of hydrogen-bond acceptors (Lipinski definition) is 7. The number of carboxylic acid groups (broad SMARTS) is 1. The summed E-state index contributed by atoms with van der Waals surface area (Å²) >= 11 is 0. The van der Waals surface area contributed by atoms with Crippen molar-refractivity contribution in [2.45, 2.75) is 43.8 Å². The maximum Gasteiger partial charge on any atom is 0.322 e. The lowest BCUT2D eigenvalue weighted by Gasteiger charge is -2.24. The molecule has 3 atom stereocenters. The summed E-state index contributed by atoms with van der Waals surface area (Å²) in [5.74, 6) is -3.25. The number of para-hydroxylation sites is 1. The van der Waals surface area contributed by atoms with Gasteiger partial charge in [0.15, 0.2) is 0 Å². The number of carbonyl (C=O) groups excluding carboxylic acids is 3. The fourth-order valence-corrected chi connectivity index (χ4v) is 3.41.